The van der Waals surface area contributed by atoms with Gasteiger partial charge in [0.05, 0.1) is 0 Å². The van der Waals surface area contributed by atoms with Crippen molar-refractivity contribution in [1.82, 2.24) is 0 Å². The minimum atomic E-state index is -2.27. The van der Waals surface area contributed by atoms with Crippen molar-refractivity contribution >= 4 is 21.3 Å². The van der Waals surface area contributed by atoms with Crippen LogP contribution in [0.4, 0.5) is 0 Å². The maximum atomic E-state index is 10.6. The minimum absolute atomic E-state index is 0.263. The summed E-state index contributed by atoms with van der Waals surface area (Å²) in [7, 11) is -4.06. The van der Waals surface area contributed by atoms with E-state index in [-0.39, 0.29) is 6.16 Å². The SMILES string of the molecule is C=C[Si](C)(CC[P+](=O)[O-])c1ccccc1. The van der Waals surface area contributed by atoms with E-state index < -0.39 is 16.1 Å². The average Bonchev–Trinajstić information content (AvgIpc) is 2.27. The third-order valence-corrected chi connectivity index (χ3v) is 7.55. The maximum absolute atomic E-state index is 10.6. The molecule has 0 aliphatic heterocycles. The van der Waals surface area contributed by atoms with Gasteiger partial charge in [-0.2, -0.15) is 0 Å². The molecule has 0 bridgehead atoms. The molecule has 0 saturated carbocycles. The fourth-order valence-electron chi connectivity index (χ4n) is 1.51. The highest BCUT2D eigenvalue weighted by atomic mass is 31.1. The summed E-state index contributed by atoms with van der Waals surface area (Å²) in [6.07, 6.45) is 0.263. The van der Waals surface area contributed by atoms with Gasteiger partial charge in [0.2, 0.25) is 0 Å². The van der Waals surface area contributed by atoms with Crippen LogP contribution in [0.2, 0.25) is 12.6 Å². The maximum Gasteiger partial charge on any atom is 0.308 e. The third-order valence-electron chi connectivity index (χ3n) is 2.70. The number of rotatable bonds is 5. The van der Waals surface area contributed by atoms with Gasteiger partial charge >= 0.3 is 8.03 Å². The van der Waals surface area contributed by atoms with Crippen molar-refractivity contribution < 1.29 is 9.46 Å². The fraction of sp³-hybridized carbons (Fsp3) is 0.273. The van der Waals surface area contributed by atoms with Crippen LogP contribution >= 0.6 is 8.03 Å². The van der Waals surface area contributed by atoms with Crippen LogP contribution in [0.25, 0.3) is 0 Å². The summed E-state index contributed by atoms with van der Waals surface area (Å²) in [6.45, 7) is 6.00. The molecule has 4 heteroatoms. The van der Waals surface area contributed by atoms with Gasteiger partial charge in [-0.15, -0.1) is 6.58 Å². The Morgan fingerprint density at radius 2 is 2.07 bits per heavy atom. The molecule has 0 saturated heterocycles. The predicted octanol–water partition coefficient (Wildman–Crippen LogP) is 1.80. The highest BCUT2D eigenvalue weighted by Crippen LogP contribution is 2.18. The van der Waals surface area contributed by atoms with Crippen molar-refractivity contribution in [2.24, 2.45) is 0 Å². The standard InChI is InChI=1S/C11H15O2PSi/c1-3-15(2,10-9-14(12)13)11-7-5-4-6-8-11/h3-8H,1,9-10H2,2H3. The Hall–Kier alpha value is -0.763. The van der Waals surface area contributed by atoms with Crippen LogP contribution in [-0.4, -0.2) is 14.2 Å². The van der Waals surface area contributed by atoms with Crippen LogP contribution in [0.1, 0.15) is 0 Å². The van der Waals surface area contributed by atoms with Crippen LogP contribution in [0.15, 0.2) is 42.6 Å². The smallest absolute Gasteiger partial charge is 0.308 e. The zero-order valence-corrected chi connectivity index (χ0v) is 10.7. The summed E-state index contributed by atoms with van der Waals surface area (Å²) >= 11 is 0. The number of hydrogen-bond acceptors (Lipinski definition) is 2. The van der Waals surface area contributed by atoms with E-state index in [0.29, 0.717) is 0 Å². The molecule has 0 aliphatic rings. The zero-order chi connectivity index (χ0) is 11.3. The Labute approximate surface area is 92.5 Å². The molecule has 0 heterocycles. The van der Waals surface area contributed by atoms with E-state index in [1.807, 2.05) is 23.9 Å². The summed E-state index contributed by atoms with van der Waals surface area (Å²) in [5.74, 6) is 0. The normalized spacial score (nSPS) is 15.5. The molecule has 0 amide bonds. The summed E-state index contributed by atoms with van der Waals surface area (Å²) in [4.78, 5) is 10.6. The first-order valence-corrected chi connectivity index (χ1v) is 9.04. The van der Waals surface area contributed by atoms with Crippen molar-refractivity contribution in [3.05, 3.63) is 42.6 Å². The third kappa shape index (κ3) is 3.38. The molecule has 0 radical (unpaired) electrons. The first-order chi connectivity index (χ1) is 7.08. The van der Waals surface area contributed by atoms with Gasteiger partial charge in [-0.1, -0.05) is 52.3 Å². The molecule has 1 aromatic rings. The average molecular weight is 238 g/mol. The Morgan fingerprint density at radius 3 is 2.53 bits per heavy atom. The molecule has 0 fully saturated rings. The van der Waals surface area contributed by atoms with Crippen molar-refractivity contribution in [2.75, 3.05) is 6.16 Å². The Balaban J connectivity index is 2.85. The lowest BCUT2D eigenvalue weighted by atomic mass is 10.4. The molecule has 15 heavy (non-hydrogen) atoms. The molecule has 80 valence electrons. The van der Waals surface area contributed by atoms with Gasteiger partial charge in [0.1, 0.15) is 14.2 Å². The number of benzene rings is 1. The first kappa shape index (κ1) is 12.3. The fourth-order valence-corrected chi connectivity index (χ4v) is 5.78. The monoisotopic (exact) mass is 238 g/mol. The van der Waals surface area contributed by atoms with Crippen molar-refractivity contribution in [2.45, 2.75) is 12.6 Å². The molecule has 0 aliphatic carbocycles. The molecule has 2 atom stereocenters. The lowest BCUT2D eigenvalue weighted by Gasteiger charge is -2.21. The lowest BCUT2D eigenvalue weighted by molar-refractivity contribution is -0.164. The highest BCUT2D eigenvalue weighted by molar-refractivity contribution is 7.36. The second-order valence-electron chi connectivity index (χ2n) is 3.79. The molecule has 2 unspecified atom stereocenters. The minimum Gasteiger partial charge on any atom is -0.596 e. The molecule has 1 rings (SSSR count). The van der Waals surface area contributed by atoms with Gasteiger partial charge in [-0.3, -0.25) is 0 Å². The molecular formula is C11H15O2PSi. The second kappa shape index (κ2) is 5.36. The quantitative estimate of drug-likeness (QED) is 0.579. The molecular weight excluding hydrogens is 223 g/mol. The van der Waals surface area contributed by atoms with Crippen LogP contribution in [0.5, 0.6) is 0 Å². The van der Waals surface area contributed by atoms with Gasteiger partial charge < -0.3 is 4.89 Å². The van der Waals surface area contributed by atoms with E-state index in [2.05, 4.69) is 25.3 Å². The molecule has 0 N–H and O–H groups in total. The summed E-state index contributed by atoms with van der Waals surface area (Å²) in [5, 5.41) is 1.25. The Morgan fingerprint density at radius 1 is 1.47 bits per heavy atom. The van der Waals surface area contributed by atoms with Gasteiger partial charge in [0.15, 0.2) is 0 Å². The lowest BCUT2D eigenvalue weighted by Crippen LogP contribution is -2.43. The van der Waals surface area contributed by atoms with E-state index in [1.54, 1.807) is 0 Å². The van der Waals surface area contributed by atoms with E-state index in [0.717, 1.165) is 6.04 Å². The van der Waals surface area contributed by atoms with E-state index in [4.69, 9.17) is 0 Å². The van der Waals surface area contributed by atoms with Gasteiger partial charge in [-0.25, -0.2) is 0 Å². The molecule has 0 aromatic heterocycles. The summed E-state index contributed by atoms with van der Waals surface area (Å²) in [5.41, 5.74) is 1.96. The summed E-state index contributed by atoms with van der Waals surface area (Å²) < 4.78 is 10.6. The van der Waals surface area contributed by atoms with Crippen molar-refractivity contribution in [3.63, 3.8) is 0 Å². The van der Waals surface area contributed by atoms with Crippen LogP contribution in [-0.2, 0) is 4.57 Å². The predicted molar refractivity (Wildman–Crippen MR) is 65.2 cm³/mol. The van der Waals surface area contributed by atoms with Crippen LogP contribution < -0.4 is 10.1 Å². The van der Waals surface area contributed by atoms with Crippen molar-refractivity contribution in [1.29, 1.82) is 0 Å². The first-order valence-electron chi connectivity index (χ1n) is 4.89. The number of hydrogen-bond donors (Lipinski definition) is 0. The van der Waals surface area contributed by atoms with E-state index in [9.17, 15) is 9.46 Å². The van der Waals surface area contributed by atoms with Crippen LogP contribution in [0, 0.1) is 0 Å². The highest BCUT2D eigenvalue weighted by Gasteiger charge is 2.27. The van der Waals surface area contributed by atoms with Gasteiger partial charge in [0, 0.05) is 0 Å². The summed E-state index contributed by atoms with van der Waals surface area (Å²) in [6, 6.07) is 10.8. The zero-order valence-electron chi connectivity index (χ0n) is 8.85. The molecule has 0 spiro atoms. The van der Waals surface area contributed by atoms with Crippen molar-refractivity contribution in [3.8, 4) is 0 Å². The molecule has 2 nitrogen and oxygen atoms in total. The van der Waals surface area contributed by atoms with Gasteiger partial charge in [-0.05, 0) is 6.04 Å². The molecule has 1 aromatic carbocycles. The Bertz CT molecular complexity index is 353. The Kier molecular flexibility index (Phi) is 4.39. The topological polar surface area (TPSA) is 40.1 Å². The van der Waals surface area contributed by atoms with E-state index in [1.165, 1.54) is 5.19 Å². The largest absolute Gasteiger partial charge is 0.596 e. The van der Waals surface area contributed by atoms with Crippen LogP contribution in [0.3, 0.4) is 0 Å². The second-order valence-corrected chi connectivity index (χ2v) is 9.23. The van der Waals surface area contributed by atoms with Gasteiger partial charge in [0.25, 0.3) is 0 Å². The van der Waals surface area contributed by atoms with E-state index >= 15 is 0 Å².